The zero-order valence-electron chi connectivity index (χ0n) is 19.7. The van der Waals surface area contributed by atoms with Gasteiger partial charge in [0.05, 0.1) is 28.5 Å². The minimum Gasteiger partial charge on any atom is -0.455 e. The van der Waals surface area contributed by atoms with E-state index >= 15 is 0 Å². The van der Waals surface area contributed by atoms with Gasteiger partial charge in [0.25, 0.3) is 17.5 Å². The van der Waals surface area contributed by atoms with Gasteiger partial charge < -0.3 is 4.42 Å². The van der Waals surface area contributed by atoms with Crippen LogP contribution < -0.4 is 0 Å². The van der Waals surface area contributed by atoms with Crippen LogP contribution in [-0.4, -0.2) is 28.0 Å². The van der Waals surface area contributed by atoms with E-state index in [-0.39, 0.29) is 51.4 Å². The lowest BCUT2D eigenvalue weighted by atomic mass is 9.55. The van der Waals surface area contributed by atoms with E-state index in [9.17, 15) is 19.7 Å². The highest BCUT2D eigenvalue weighted by Gasteiger charge is 2.61. The predicted molar refractivity (Wildman–Crippen MR) is 139 cm³/mol. The molecule has 2 amide bonds. The highest BCUT2D eigenvalue weighted by molar-refractivity contribution is 6.31. The number of rotatable bonds is 4. The van der Waals surface area contributed by atoms with Gasteiger partial charge >= 0.3 is 0 Å². The minimum atomic E-state index is -0.537. The van der Waals surface area contributed by atoms with E-state index in [0.717, 1.165) is 27.3 Å². The van der Waals surface area contributed by atoms with Gasteiger partial charge in [0.1, 0.15) is 11.5 Å². The van der Waals surface area contributed by atoms with Crippen molar-refractivity contribution in [3.05, 3.63) is 122 Å². The molecular formula is C29H18ClN3O5. The fourth-order valence-corrected chi connectivity index (χ4v) is 6.49. The molecule has 0 saturated carbocycles. The fourth-order valence-electron chi connectivity index (χ4n) is 6.32. The smallest absolute Gasteiger partial charge is 0.281 e. The average Bonchev–Trinajstić information content (AvgIpc) is 3.50. The molecule has 9 heteroatoms. The monoisotopic (exact) mass is 523 g/mol. The van der Waals surface area contributed by atoms with Gasteiger partial charge in [0.15, 0.2) is 0 Å². The number of benzene rings is 3. The molecule has 3 aromatic carbocycles. The van der Waals surface area contributed by atoms with Crippen molar-refractivity contribution in [3.63, 3.8) is 0 Å². The molecule has 2 bridgehead atoms. The van der Waals surface area contributed by atoms with Gasteiger partial charge in [0.2, 0.25) is 0 Å². The summed E-state index contributed by atoms with van der Waals surface area (Å²) in [5.74, 6) is -1.67. The van der Waals surface area contributed by atoms with Crippen LogP contribution >= 0.6 is 11.6 Å². The maximum atomic E-state index is 13.6. The third-order valence-corrected chi connectivity index (χ3v) is 8.01. The number of imide groups is 1. The number of furan rings is 1. The molecule has 2 atom stereocenters. The molecule has 4 aliphatic rings. The molecule has 1 fully saturated rings. The molecule has 0 unspecified atom stereocenters. The molecule has 4 aromatic rings. The lowest BCUT2D eigenvalue weighted by molar-refractivity contribution is -0.384. The van der Waals surface area contributed by atoms with Gasteiger partial charge in [-0.2, -0.15) is 10.1 Å². The van der Waals surface area contributed by atoms with Gasteiger partial charge in [-0.05, 0) is 46.5 Å². The Labute approximate surface area is 221 Å². The molecule has 3 aliphatic carbocycles. The van der Waals surface area contributed by atoms with Crippen LogP contribution in [0.5, 0.6) is 0 Å². The van der Waals surface area contributed by atoms with Gasteiger partial charge in [0, 0.05) is 22.9 Å². The van der Waals surface area contributed by atoms with Crippen molar-refractivity contribution in [2.45, 2.75) is 11.8 Å². The van der Waals surface area contributed by atoms with Crippen molar-refractivity contribution in [2.75, 3.05) is 0 Å². The van der Waals surface area contributed by atoms with Gasteiger partial charge in [-0.15, -0.1) is 0 Å². The van der Waals surface area contributed by atoms with Crippen LogP contribution in [0.2, 0.25) is 5.02 Å². The van der Waals surface area contributed by atoms with Crippen LogP contribution in [0.3, 0.4) is 0 Å². The summed E-state index contributed by atoms with van der Waals surface area (Å²) in [6.45, 7) is 0. The minimum absolute atomic E-state index is 0.195. The molecule has 186 valence electrons. The number of hydrogen-bond donors (Lipinski definition) is 0. The molecule has 0 N–H and O–H groups in total. The summed E-state index contributed by atoms with van der Waals surface area (Å²) < 4.78 is 5.76. The van der Waals surface area contributed by atoms with Crippen molar-refractivity contribution < 1.29 is 18.9 Å². The third-order valence-electron chi connectivity index (χ3n) is 7.77. The van der Waals surface area contributed by atoms with Gasteiger partial charge in [-0.1, -0.05) is 60.1 Å². The van der Waals surface area contributed by atoms with Crippen molar-refractivity contribution in [1.29, 1.82) is 0 Å². The Bertz CT molecular complexity index is 1590. The normalized spacial score (nSPS) is 23.0. The Hall–Kier alpha value is -4.56. The molecular weight excluding hydrogens is 506 g/mol. The number of hydrogen-bond acceptors (Lipinski definition) is 6. The molecule has 1 aliphatic heterocycles. The predicted octanol–water partition coefficient (Wildman–Crippen LogP) is 5.73. The first kappa shape index (κ1) is 22.6. The number of carbonyl (C=O) groups excluding carboxylic acids is 2. The Balaban J connectivity index is 1.22. The number of nitro benzene ring substituents is 1. The van der Waals surface area contributed by atoms with Crippen LogP contribution in [0, 0.1) is 22.0 Å². The molecule has 1 aromatic heterocycles. The van der Waals surface area contributed by atoms with E-state index in [2.05, 4.69) is 5.10 Å². The topological polar surface area (TPSA) is 106 Å². The van der Waals surface area contributed by atoms with E-state index in [1.54, 1.807) is 12.1 Å². The summed E-state index contributed by atoms with van der Waals surface area (Å²) in [6, 6.07) is 23.5. The third kappa shape index (κ3) is 3.13. The van der Waals surface area contributed by atoms with Crippen LogP contribution in [0.1, 0.15) is 39.8 Å². The quantitative estimate of drug-likeness (QED) is 0.147. The fraction of sp³-hybridized carbons (Fsp3) is 0.138. The summed E-state index contributed by atoms with van der Waals surface area (Å²) in [6.07, 6.45) is 1.29. The summed E-state index contributed by atoms with van der Waals surface area (Å²) in [7, 11) is 0. The van der Waals surface area contributed by atoms with Gasteiger partial charge in [-0.25, -0.2) is 0 Å². The maximum Gasteiger partial charge on any atom is 0.281 e. The highest BCUT2D eigenvalue weighted by Crippen LogP contribution is 2.60. The standard InChI is InChI=1S/C29H18ClN3O5/c30-15-9-11-21(22(13-15)33(36)37)23-12-10-16(38-23)14-31-32-28(34)26-24-17-5-1-2-6-18(17)25(27(26)29(32)35)20-8-4-3-7-19(20)24/h1-14,24-27H/b31-14-/t24?,25?,26-,27-/m1/s1. The van der Waals surface area contributed by atoms with Crippen LogP contribution in [0.25, 0.3) is 11.3 Å². The first-order valence-corrected chi connectivity index (χ1v) is 12.5. The summed E-state index contributed by atoms with van der Waals surface area (Å²) >= 11 is 5.91. The molecule has 8 nitrogen and oxygen atoms in total. The van der Waals surface area contributed by atoms with E-state index < -0.39 is 16.8 Å². The molecule has 1 saturated heterocycles. The van der Waals surface area contributed by atoms with Crippen molar-refractivity contribution in [3.8, 4) is 11.3 Å². The highest BCUT2D eigenvalue weighted by atomic mass is 35.5. The zero-order valence-corrected chi connectivity index (χ0v) is 20.4. The van der Waals surface area contributed by atoms with Gasteiger partial charge in [-0.3, -0.25) is 19.7 Å². The SMILES string of the molecule is O=C1[C@@H]2C3c4ccccc4C(c4ccccc43)[C@H]2C(=O)N1/N=C\c1ccc(-c2ccc(Cl)cc2[N+](=O)[O-])o1. The average molecular weight is 524 g/mol. The Morgan fingerprint density at radius 1 is 0.842 bits per heavy atom. The molecule has 0 radical (unpaired) electrons. The first-order valence-electron chi connectivity index (χ1n) is 12.1. The second kappa shape index (κ2) is 8.22. The molecule has 38 heavy (non-hydrogen) atoms. The van der Waals surface area contributed by atoms with E-state index in [4.69, 9.17) is 16.0 Å². The number of hydrazone groups is 1. The van der Waals surface area contributed by atoms with Crippen molar-refractivity contribution in [2.24, 2.45) is 16.9 Å². The van der Waals surface area contributed by atoms with Crippen LogP contribution in [0.4, 0.5) is 5.69 Å². The Morgan fingerprint density at radius 2 is 1.39 bits per heavy atom. The summed E-state index contributed by atoms with van der Waals surface area (Å²) in [5, 5.41) is 16.9. The molecule has 2 heterocycles. The van der Waals surface area contributed by atoms with E-state index in [1.165, 1.54) is 24.4 Å². The first-order chi connectivity index (χ1) is 18.4. The summed E-state index contributed by atoms with van der Waals surface area (Å²) in [4.78, 5) is 38.2. The number of amides is 2. The van der Waals surface area contributed by atoms with Crippen molar-refractivity contribution in [1.82, 2.24) is 5.01 Å². The second-order valence-electron chi connectivity index (χ2n) is 9.62. The second-order valence-corrected chi connectivity index (χ2v) is 10.1. The van der Waals surface area contributed by atoms with Crippen LogP contribution in [0.15, 0.2) is 88.4 Å². The number of carbonyl (C=O) groups is 2. The molecule has 0 spiro atoms. The number of nitro groups is 1. The zero-order chi connectivity index (χ0) is 26.1. The Morgan fingerprint density at radius 3 is 1.92 bits per heavy atom. The van der Waals surface area contributed by atoms with Crippen molar-refractivity contribution >= 4 is 35.3 Å². The molecule has 8 rings (SSSR count). The van der Waals surface area contributed by atoms with Crippen LogP contribution in [-0.2, 0) is 9.59 Å². The Kier molecular flexibility index (Phi) is 4.90. The lowest BCUT2D eigenvalue weighted by Gasteiger charge is -2.45. The maximum absolute atomic E-state index is 13.6. The number of halogens is 1. The summed E-state index contributed by atoms with van der Waals surface area (Å²) in [5.41, 5.74) is 4.41. The lowest BCUT2D eigenvalue weighted by Crippen LogP contribution is -2.41. The van der Waals surface area contributed by atoms with E-state index in [1.807, 2.05) is 48.5 Å². The largest absolute Gasteiger partial charge is 0.455 e. The number of nitrogens with zero attached hydrogens (tertiary/aromatic N) is 3. The van der Waals surface area contributed by atoms with E-state index in [0.29, 0.717) is 0 Å².